The van der Waals surface area contributed by atoms with Gasteiger partial charge in [-0.1, -0.05) is 17.7 Å². The van der Waals surface area contributed by atoms with Crippen molar-refractivity contribution in [2.75, 3.05) is 19.6 Å². The fraction of sp³-hybridized carbons (Fsp3) is 0.278. The molecule has 1 heterocycles. The van der Waals surface area contributed by atoms with E-state index in [2.05, 4.69) is 4.72 Å². The van der Waals surface area contributed by atoms with Crippen LogP contribution in [0.4, 0.5) is 4.39 Å². The van der Waals surface area contributed by atoms with Gasteiger partial charge in [0.15, 0.2) is 9.84 Å². The average molecular weight is 461 g/mol. The first-order valence-electron chi connectivity index (χ1n) is 8.62. The Labute approximate surface area is 173 Å². The Balaban J connectivity index is 1.63. The molecule has 0 radical (unpaired) electrons. The minimum Gasteiger partial charge on any atom is -0.340 e. The van der Waals surface area contributed by atoms with Crippen LogP contribution in [-0.2, 0) is 24.7 Å². The molecule has 2 aromatic rings. The van der Waals surface area contributed by atoms with Gasteiger partial charge in [0.2, 0.25) is 15.9 Å². The SMILES string of the molecule is O=C(CNS(=O)(=O)c1cccc(F)c1)N1CCC(S(=O)(=O)c2ccc(Cl)cc2)C1. The Kier molecular flexibility index (Phi) is 6.27. The molecule has 0 saturated carbocycles. The maximum absolute atomic E-state index is 13.2. The third-order valence-corrected chi connectivity index (χ3v) is 8.44. The van der Waals surface area contributed by atoms with Crippen LogP contribution < -0.4 is 4.72 Å². The summed E-state index contributed by atoms with van der Waals surface area (Å²) in [5.74, 6) is -1.27. The molecular weight excluding hydrogens is 443 g/mol. The zero-order valence-corrected chi connectivity index (χ0v) is 17.5. The normalized spacial score (nSPS) is 17.4. The van der Waals surface area contributed by atoms with Crippen LogP contribution in [0.2, 0.25) is 5.02 Å². The number of nitrogens with one attached hydrogen (secondary N) is 1. The number of sulfonamides is 1. The molecular formula is C18H18ClFN2O5S2. The molecule has 29 heavy (non-hydrogen) atoms. The van der Waals surface area contributed by atoms with Gasteiger partial charge in [0.1, 0.15) is 5.82 Å². The number of carbonyl (C=O) groups is 1. The van der Waals surface area contributed by atoms with E-state index in [4.69, 9.17) is 11.6 Å². The van der Waals surface area contributed by atoms with Crippen molar-refractivity contribution in [2.24, 2.45) is 0 Å². The summed E-state index contributed by atoms with van der Waals surface area (Å²) >= 11 is 5.79. The third kappa shape index (κ3) is 4.95. The summed E-state index contributed by atoms with van der Waals surface area (Å²) in [5, 5.41) is -0.370. The van der Waals surface area contributed by atoms with Gasteiger partial charge < -0.3 is 4.90 Å². The molecule has 156 valence electrons. The fourth-order valence-corrected chi connectivity index (χ4v) is 5.83. The molecule has 1 fully saturated rings. The Morgan fingerprint density at radius 2 is 1.79 bits per heavy atom. The molecule has 0 aromatic heterocycles. The number of likely N-dealkylation sites (tertiary alicyclic amines) is 1. The van der Waals surface area contributed by atoms with Gasteiger partial charge in [0.05, 0.1) is 21.6 Å². The summed E-state index contributed by atoms with van der Waals surface area (Å²) < 4.78 is 65.2. The Hall–Kier alpha value is -2.01. The van der Waals surface area contributed by atoms with Crippen molar-refractivity contribution in [1.29, 1.82) is 0 Å². The van der Waals surface area contributed by atoms with E-state index >= 15 is 0 Å². The molecule has 11 heteroatoms. The summed E-state index contributed by atoms with van der Waals surface area (Å²) in [6.45, 7) is -0.393. The largest absolute Gasteiger partial charge is 0.340 e. The summed E-state index contributed by atoms with van der Waals surface area (Å²) in [6.07, 6.45) is 0.243. The first-order valence-corrected chi connectivity index (χ1v) is 12.0. The molecule has 1 aliphatic heterocycles. The van der Waals surface area contributed by atoms with Crippen molar-refractivity contribution in [3.8, 4) is 0 Å². The van der Waals surface area contributed by atoms with Crippen molar-refractivity contribution in [3.05, 3.63) is 59.4 Å². The molecule has 0 aliphatic carbocycles. The predicted octanol–water partition coefficient (Wildman–Crippen LogP) is 1.83. The van der Waals surface area contributed by atoms with Crippen LogP contribution in [0, 0.1) is 5.82 Å². The molecule has 1 amide bonds. The van der Waals surface area contributed by atoms with Crippen molar-refractivity contribution in [3.63, 3.8) is 0 Å². The van der Waals surface area contributed by atoms with Gasteiger partial charge in [-0.25, -0.2) is 25.9 Å². The number of hydrogen-bond acceptors (Lipinski definition) is 5. The lowest BCUT2D eigenvalue weighted by molar-refractivity contribution is -0.128. The van der Waals surface area contributed by atoms with Gasteiger partial charge in [0.25, 0.3) is 0 Å². The Bertz CT molecular complexity index is 1120. The smallest absolute Gasteiger partial charge is 0.241 e. The number of amides is 1. The molecule has 1 aliphatic rings. The van der Waals surface area contributed by atoms with Crippen LogP contribution in [0.5, 0.6) is 0 Å². The number of sulfone groups is 1. The number of benzene rings is 2. The highest BCUT2D eigenvalue weighted by Gasteiger charge is 2.36. The van der Waals surface area contributed by atoms with Crippen LogP contribution in [0.15, 0.2) is 58.3 Å². The number of halogens is 2. The van der Waals surface area contributed by atoms with E-state index in [1.807, 2.05) is 0 Å². The second kappa shape index (κ2) is 8.39. The zero-order valence-electron chi connectivity index (χ0n) is 15.1. The highest BCUT2D eigenvalue weighted by atomic mass is 35.5. The monoisotopic (exact) mass is 460 g/mol. The predicted molar refractivity (Wildman–Crippen MR) is 105 cm³/mol. The Morgan fingerprint density at radius 3 is 2.45 bits per heavy atom. The summed E-state index contributed by atoms with van der Waals surface area (Å²) in [7, 11) is -7.71. The summed E-state index contributed by atoms with van der Waals surface area (Å²) in [6, 6.07) is 10.2. The highest BCUT2D eigenvalue weighted by molar-refractivity contribution is 7.92. The van der Waals surface area contributed by atoms with Crippen molar-refractivity contribution >= 4 is 37.4 Å². The van der Waals surface area contributed by atoms with E-state index in [1.165, 1.54) is 41.3 Å². The quantitative estimate of drug-likeness (QED) is 0.708. The maximum Gasteiger partial charge on any atom is 0.241 e. The molecule has 0 spiro atoms. The first kappa shape index (κ1) is 21.7. The van der Waals surface area contributed by atoms with Crippen LogP contribution in [0.3, 0.4) is 0 Å². The zero-order chi connectivity index (χ0) is 21.2. The lowest BCUT2D eigenvalue weighted by Crippen LogP contribution is -2.40. The Morgan fingerprint density at radius 1 is 1.10 bits per heavy atom. The average Bonchev–Trinajstić information content (AvgIpc) is 3.18. The van der Waals surface area contributed by atoms with Gasteiger partial charge in [-0.2, -0.15) is 0 Å². The molecule has 1 saturated heterocycles. The minimum atomic E-state index is -4.06. The number of nitrogens with zero attached hydrogens (tertiary/aromatic N) is 1. The van der Waals surface area contributed by atoms with E-state index in [-0.39, 0.29) is 29.3 Å². The minimum absolute atomic E-state index is 0.0362. The van der Waals surface area contributed by atoms with Gasteiger partial charge in [-0.05, 0) is 48.9 Å². The number of rotatable bonds is 6. The topological polar surface area (TPSA) is 101 Å². The lowest BCUT2D eigenvalue weighted by Gasteiger charge is -2.17. The van der Waals surface area contributed by atoms with Gasteiger partial charge >= 0.3 is 0 Å². The second-order valence-corrected chi connectivity index (χ2v) is 11.0. The van der Waals surface area contributed by atoms with Gasteiger partial charge in [0, 0.05) is 18.1 Å². The van der Waals surface area contributed by atoms with Crippen molar-refractivity contribution < 1.29 is 26.0 Å². The highest BCUT2D eigenvalue weighted by Crippen LogP contribution is 2.25. The number of carbonyl (C=O) groups excluding carboxylic acids is 1. The van der Waals surface area contributed by atoms with Crippen LogP contribution in [0.25, 0.3) is 0 Å². The standard InChI is InChI=1S/C18H18ClFN2O5S2/c19-13-4-6-15(7-5-13)28(24,25)17-8-9-22(12-17)18(23)11-21-29(26,27)16-3-1-2-14(20)10-16/h1-7,10,17,21H,8-9,11-12H2. The molecule has 1 atom stereocenters. The number of hydrogen-bond donors (Lipinski definition) is 1. The molecule has 3 rings (SSSR count). The van der Waals surface area contributed by atoms with Crippen molar-refractivity contribution in [1.82, 2.24) is 9.62 Å². The second-order valence-electron chi connectivity index (χ2n) is 6.53. The summed E-state index contributed by atoms with van der Waals surface area (Å²) in [4.78, 5) is 13.5. The molecule has 1 N–H and O–H groups in total. The van der Waals surface area contributed by atoms with Crippen LogP contribution in [-0.4, -0.2) is 52.5 Å². The molecule has 2 aromatic carbocycles. The van der Waals surface area contributed by atoms with E-state index in [0.29, 0.717) is 5.02 Å². The molecule has 1 unspecified atom stereocenters. The van der Waals surface area contributed by atoms with Gasteiger partial charge in [-0.3, -0.25) is 4.79 Å². The van der Waals surface area contributed by atoms with E-state index in [1.54, 1.807) is 0 Å². The van der Waals surface area contributed by atoms with E-state index in [0.717, 1.165) is 12.1 Å². The first-order chi connectivity index (χ1) is 13.6. The van der Waals surface area contributed by atoms with E-state index < -0.39 is 43.4 Å². The molecule has 0 bridgehead atoms. The maximum atomic E-state index is 13.2. The van der Waals surface area contributed by atoms with Crippen LogP contribution in [0.1, 0.15) is 6.42 Å². The van der Waals surface area contributed by atoms with E-state index in [9.17, 15) is 26.0 Å². The lowest BCUT2D eigenvalue weighted by atomic mass is 10.4. The summed E-state index contributed by atoms with van der Waals surface area (Å²) in [5.41, 5.74) is 0. The van der Waals surface area contributed by atoms with Crippen molar-refractivity contribution in [2.45, 2.75) is 21.5 Å². The fourth-order valence-electron chi connectivity index (χ4n) is 3.01. The van der Waals surface area contributed by atoms with Gasteiger partial charge in [-0.15, -0.1) is 0 Å². The molecule has 7 nitrogen and oxygen atoms in total. The third-order valence-electron chi connectivity index (χ3n) is 4.60. The van der Waals surface area contributed by atoms with Crippen LogP contribution >= 0.6 is 11.6 Å².